The van der Waals surface area contributed by atoms with Gasteiger partial charge in [0.25, 0.3) is 0 Å². The summed E-state index contributed by atoms with van der Waals surface area (Å²) in [4.78, 5) is 27.7. The van der Waals surface area contributed by atoms with E-state index in [0.29, 0.717) is 12.1 Å². The van der Waals surface area contributed by atoms with E-state index in [-0.39, 0.29) is 5.91 Å². The Hall–Kier alpha value is -1.80. The van der Waals surface area contributed by atoms with E-state index >= 15 is 0 Å². The molecule has 0 aliphatic carbocycles. The number of primary amides is 1. The number of urea groups is 1. The van der Waals surface area contributed by atoms with E-state index in [4.69, 9.17) is 5.73 Å². The first-order chi connectivity index (χ1) is 10.5. The number of thiazole rings is 1. The van der Waals surface area contributed by atoms with Gasteiger partial charge in [-0.3, -0.25) is 4.79 Å². The van der Waals surface area contributed by atoms with E-state index in [1.54, 1.807) is 29.2 Å². The van der Waals surface area contributed by atoms with E-state index in [2.05, 4.69) is 15.6 Å². The van der Waals surface area contributed by atoms with Crippen molar-refractivity contribution in [3.8, 4) is 0 Å². The van der Waals surface area contributed by atoms with Gasteiger partial charge >= 0.3 is 6.03 Å². The van der Waals surface area contributed by atoms with Crippen LogP contribution in [0.25, 0.3) is 10.2 Å². The Kier molecular flexibility index (Phi) is 5.62. The molecule has 22 heavy (non-hydrogen) atoms. The number of nitrogens with two attached hydrogens (primary N) is 1. The third-order valence-electron chi connectivity index (χ3n) is 3.01. The van der Waals surface area contributed by atoms with Gasteiger partial charge in [0.2, 0.25) is 5.91 Å². The molecule has 8 heteroatoms. The normalized spacial score (nSPS) is 12.1. The molecule has 0 unspecified atom stereocenters. The minimum absolute atomic E-state index is 0.270. The van der Waals surface area contributed by atoms with Crippen LogP contribution in [0.1, 0.15) is 11.4 Å². The lowest BCUT2D eigenvalue weighted by Gasteiger charge is -2.16. The van der Waals surface area contributed by atoms with Gasteiger partial charge in [0, 0.05) is 5.69 Å². The van der Waals surface area contributed by atoms with Crippen LogP contribution < -0.4 is 16.4 Å². The van der Waals surface area contributed by atoms with Crippen LogP contribution in [0.15, 0.2) is 18.2 Å². The quantitative estimate of drug-likeness (QED) is 0.753. The van der Waals surface area contributed by atoms with Gasteiger partial charge in [0.15, 0.2) is 0 Å². The first-order valence-corrected chi connectivity index (χ1v) is 8.93. The molecule has 1 heterocycles. The number of nitrogens with zero attached hydrogens (tertiary/aromatic N) is 1. The molecule has 4 N–H and O–H groups in total. The van der Waals surface area contributed by atoms with Crippen LogP contribution in [0.5, 0.6) is 0 Å². The number of nitrogens with one attached hydrogen (secondary N) is 2. The van der Waals surface area contributed by atoms with Gasteiger partial charge in [0.05, 0.1) is 15.2 Å². The summed E-state index contributed by atoms with van der Waals surface area (Å²) in [5.41, 5.74) is 6.72. The lowest BCUT2D eigenvalue weighted by Crippen LogP contribution is -2.46. The van der Waals surface area contributed by atoms with E-state index < -0.39 is 12.1 Å². The Bertz CT molecular complexity index is 687. The van der Waals surface area contributed by atoms with Gasteiger partial charge in [-0.2, -0.15) is 11.8 Å². The number of aryl methyl sites for hydroxylation is 1. The van der Waals surface area contributed by atoms with Crippen molar-refractivity contribution in [2.24, 2.45) is 5.73 Å². The van der Waals surface area contributed by atoms with Crippen molar-refractivity contribution in [3.05, 3.63) is 23.2 Å². The van der Waals surface area contributed by atoms with Crippen molar-refractivity contribution in [2.75, 3.05) is 17.3 Å². The zero-order chi connectivity index (χ0) is 16.1. The summed E-state index contributed by atoms with van der Waals surface area (Å²) < 4.78 is 1.01. The monoisotopic (exact) mass is 338 g/mol. The number of anilines is 1. The molecule has 0 spiro atoms. The standard InChI is InChI=1S/C14H18N4O2S2/c1-8-16-10-4-3-9(7-12(10)22-8)17-13(19)11(5-6-21-2)18-14(15)20/h3-4,7,11H,5-6H2,1-2H3,(H,17,19)(H3,15,18,20)/t11-/m1/s1. The van der Waals surface area contributed by atoms with Crippen molar-refractivity contribution >= 4 is 50.9 Å². The average Bonchev–Trinajstić information content (AvgIpc) is 2.82. The number of carbonyl (C=O) groups excluding carboxylic acids is 2. The van der Waals surface area contributed by atoms with Crippen molar-refractivity contribution in [1.82, 2.24) is 10.3 Å². The molecule has 6 nitrogen and oxygen atoms in total. The van der Waals surface area contributed by atoms with Gasteiger partial charge in [0.1, 0.15) is 6.04 Å². The summed E-state index contributed by atoms with van der Waals surface area (Å²) in [6, 6.07) is 4.22. The minimum Gasteiger partial charge on any atom is -0.352 e. The smallest absolute Gasteiger partial charge is 0.312 e. The summed E-state index contributed by atoms with van der Waals surface area (Å²) in [6.07, 6.45) is 2.47. The molecule has 1 atom stereocenters. The number of carbonyl (C=O) groups is 2. The Labute approximate surface area is 136 Å². The second kappa shape index (κ2) is 7.46. The lowest BCUT2D eigenvalue weighted by atomic mass is 10.2. The zero-order valence-corrected chi connectivity index (χ0v) is 14.0. The predicted octanol–water partition coefficient (Wildman–Crippen LogP) is 2.33. The Balaban J connectivity index is 2.10. The maximum absolute atomic E-state index is 12.3. The number of amides is 3. The number of rotatable bonds is 6. The molecular formula is C14H18N4O2S2. The first-order valence-electron chi connectivity index (χ1n) is 6.72. The second-order valence-corrected chi connectivity index (χ2v) is 6.97. The molecule has 0 aliphatic heterocycles. The molecule has 2 aromatic rings. The fourth-order valence-electron chi connectivity index (χ4n) is 2.02. The van der Waals surface area contributed by atoms with Crippen LogP contribution in [0.4, 0.5) is 10.5 Å². The number of hydrogen-bond donors (Lipinski definition) is 3. The van der Waals surface area contributed by atoms with Crippen LogP contribution in [0.3, 0.4) is 0 Å². The Morgan fingerprint density at radius 2 is 2.23 bits per heavy atom. The van der Waals surface area contributed by atoms with Crippen molar-refractivity contribution in [1.29, 1.82) is 0 Å². The lowest BCUT2D eigenvalue weighted by molar-refractivity contribution is -0.117. The van der Waals surface area contributed by atoms with Gasteiger partial charge in [-0.1, -0.05) is 0 Å². The van der Waals surface area contributed by atoms with Crippen LogP contribution in [-0.4, -0.2) is 35.0 Å². The molecule has 0 aliphatic rings. The highest BCUT2D eigenvalue weighted by atomic mass is 32.2. The number of benzene rings is 1. The SMILES string of the molecule is CSCC[C@@H](NC(N)=O)C(=O)Nc1ccc2nc(C)sc2c1. The molecule has 0 radical (unpaired) electrons. The summed E-state index contributed by atoms with van der Waals surface area (Å²) in [5, 5.41) is 6.28. The highest BCUT2D eigenvalue weighted by molar-refractivity contribution is 7.98. The van der Waals surface area contributed by atoms with Crippen LogP contribution in [-0.2, 0) is 4.79 Å². The third-order valence-corrected chi connectivity index (χ3v) is 4.58. The zero-order valence-electron chi connectivity index (χ0n) is 12.4. The summed E-state index contributed by atoms with van der Waals surface area (Å²) >= 11 is 3.18. The Morgan fingerprint density at radius 3 is 2.91 bits per heavy atom. The number of hydrogen-bond acceptors (Lipinski definition) is 5. The van der Waals surface area contributed by atoms with Crippen LogP contribution in [0.2, 0.25) is 0 Å². The largest absolute Gasteiger partial charge is 0.352 e. The van der Waals surface area contributed by atoms with E-state index in [0.717, 1.165) is 21.0 Å². The molecule has 0 saturated heterocycles. The second-order valence-electron chi connectivity index (χ2n) is 4.75. The topological polar surface area (TPSA) is 97.1 Å². The number of thioether (sulfide) groups is 1. The maximum Gasteiger partial charge on any atom is 0.312 e. The van der Waals surface area contributed by atoms with Crippen LogP contribution >= 0.6 is 23.1 Å². The summed E-state index contributed by atoms with van der Waals surface area (Å²) in [7, 11) is 0. The maximum atomic E-state index is 12.3. The summed E-state index contributed by atoms with van der Waals surface area (Å²) in [6.45, 7) is 1.94. The van der Waals surface area contributed by atoms with Gasteiger partial charge in [-0.25, -0.2) is 9.78 Å². The first kappa shape index (κ1) is 16.6. The highest BCUT2D eigenvalue weighted by Crippen LogP contribution is 2.24. The fraction of sp³-hybridized carbons (Fsp3) is 0.357. The van der Waals surface area contributed by atoms with Gasteiger partial charge in [-0.05, 0) is 43.6 Å². The van der Waals surface area contributed by atoms with Gasteiger partial charge < -0.3 is 16.4 Å². The molecule has 0 bridgehead atoms. The van der Waals surface area contributed by atoms with E-state index in [1.807, 2.05) is 25.3 Å². The number of fused-ring (bicyclic) bond motifs is 1. The predicted molar refractivity (Wildman–Crippen MR) is 92.5 cm³/mol. The van der Waals surface area contributed by atoms with Crippen molar-refractivity contribution < 1.29 is 9.59 Å². The van der Waals surface area contributed by atoms with E-state index in [9.17, 15) is 9.59 Å². The molecule has 3 amide bonds. The highest BCUT2D eigenvalue weighted by Gasteiger charge is 2.19. The minimum atomic E-state index is -0.699. The fourth-order valence-corrected chi connectivity index (χ4v) is 3.36. The van der Waals surface area contributed by atoms with Gasteiger partial charge in [-0.15, -0.1) is 11.3 Å². The molecule has 118 valence electrons. The molecule has 0 fully saturated rings. The summed E-state index contributed by atoms with van der Waals surface area (Å²) in [5.74, 6) is 0.485. The molecule has 1 aromatic heterocycles. The number of aromatic nitrogens is 1. The molecule has 1 aromatic carbocycles. The third kappa shape index (κ3) is 4.35. The molecule has 0 saturated carbocycles. The Morgan fingerprint density at radius 1 is 1.45 bits per heavy atom. The molecular weight excluding hydrogens is 320 g/mol. The van der Waals surface area contributed by atoms with Crippen molar-refractivity contribution in [3.63, 3.8) is 0 Å². The average molecular weight is 338 g/mol. The molecule has 2 rings (SSSR count). The van der Waals surface area contributed by atoms with Crippen molar-refractivity contribution in [2.45, 2.75) is 19.4 Å². The van der Waals surface area contributed by atoms with E-state index in [1.165, 1.54) is 0 Å². The van der Waals surface area contributed by atoms with Crippen LogP contribution in [0, 0.1) is 6.92 Å².